The van der Waals surface area contributed by atoms with Gasteiger partial charge in [-0.15, -0.1) is 0 Å². The second-order valence-corrected chi connectivity index (χ2v) is 4.92. The number of urea groups is 1. The van der Waals surface area contributed by atoms with Crippen molar-refractivity contribution in [2.45, 2.75) is 12.6 Å². The van der Waals surface area contributed by atoms with Gasteiger partial charge in [0.25, 0.3) is 0 Å². The normalized spacial score (nSPS) is 11.9. The molecule has 5 nitrogen and oxygen atoms in total. The van der Waals surface area contributed by atoms with Crippen LogP contribution in [0.25, 0.3) is 0 Å². The molecule has 0 aliphatic heterocycles. The molecular formula is C15H17ClN2O3. The third-order valence-electron chi connectivity index (χ3n) is 2.87. The highest BCUT2D eigenvalue weighted by Gasteiger charge is 2.16. The molecule has 0 aliphatic rings. The summed E-state index contributed by atoms with van der Waals surface area (Å²) in [6, 6.07) is 10.3. The van der Waals surface area contributed by atoms with Gasteiger partial charge in [-0.3, -0.25) is 0 Å². The van der Waals surface area contributed by atoms with E-state index in [0.29, 0.717) is 23.9 Å². The molecule has 0 spiro atoms. The minimum absolute atomic E-state index is 0.298. The Labute approximate surface area is 128 Å². The predicted octanol–water partition coefficient (Wildman–Crippen LogP) is 3.12. The van der Waals surface area contributed by atoms with Gasteiger partial charge in [-0.1, -0.05) is 23.7 Å². The van der Waals surface area contributed by atoms with E-state index in [1.807, 2.05) is 12.1 Å². The topological polar surface area (TPSA) is 63.5 Å². The van der Waals surface area contributed by atoms with E-state index in [1.165, 1.54) is 0 Å². The summed E-state index contributed by atoms with van der Waals surface area (Å²) in [7, 11) is 1.57. The Morgan fingerprint density at radius 2 is 2.24 bits per heavy atom. The highest BCUT2D eigenvalue weighted by atomic mass is 35.5. The van der Waals surface area contributed by atoms with Gasteiger partial charge in [0.15, 0.2) is 0 Å². The Morgan fingerprint density at radius 3 is 2.90 bits per heavy atom. The van der Waals surface area contributed by atoms with Crippen molar-refractivity contribution in [1.82, 2.24) is 10.6 Å². The highest BCUT2D eigenvalue weighted by Crippen LogP contribution is 2.14. The molecule has 0 aliphatic carbocycles. The number of carbonyl (C=O) groups excluding carboxylic acids is 1. The van der Waals surface area contributed by atoms with Crippen molar-refractivity contribution >= 4 is 17.6 Å². The first-order chi connectivity index (χ1) is 10.2. The molecule has 1 aromatic carbocycles. The fourth-order valence-corrected chi connectivity index (χ4v) is 2.10. The molecule has 1 heterocycles. The van der Waals surface area contributed by atoms with E-state index in [0.717, 1.165) is 5.56 Å². The molecule has 0 unspecified atom stereocenters. The van der Waals surface area contributed by atoms with Crippen LogP contribution in [-0.2, 0) is 11.3 Å². The van der Waals surface area contributed by atoms with E-state index in [4.69, 9.17) is 20.8 Å². The maximum atomic E-state index is 11.9. The maximum absolute atomic E-state index is 11.9. The van der Waals surface area contributed by atoms with Gasteiger partial charge in [-0.2, -0.15) is 0 Å². The van der Waals surface area contributed by atoms with Crippen LogP contribution in [0.1, 0.15) is 17.4 Å². The summed E-state index contributed by atoms with van der Waals surface area (Å²) in [4.78, 5) is 11.9. The molecule has 2 rings (SSSR count). The molecule has 1 aromatic heterocycles. The van der Waals surface area contributed by atoms with Crippen LogP contribution < -0.4 is 10.6 Å². The van der Waals surface area contributed by atoms with E-state index >= 15 is 0 Å². The first-order valence-corrected chi connectivity index (χ1v) is 6.88. The minimum atomic E-state index is -0.329. The number of benzene rings is 1. The first kappa shape index (κ1) is 15.4. The zero-order valence-electron chi connectivity index (χ0n) is 11.6. The summed E-state index contributed by atoms with van der Waals surface area (Å²) in [5.41, 5.74) is 0.930. The Balaban J connectivity index is 1.88. The Kier molecular flexibility index (Phi) is 5.66. The molecule has 2 N–H and O–H groups in total. The van der Waals surface area contributed by atoms with Crippen LogP contribution in [0.15, 0.2) is 47.1 Å². The van der Waals surface area contributed by atoms with Gasteiger partial charge < -0.3 is 19.8 Å². The molecule has 6 heteroatoms. The summed E-state index contributed by atoms with van der Waals surface area (Å²) < 4.78 is 10.4. The van der Waals surface area contributed by atoms with Gasteiger partial charge in [-0.05, 0) is 29.8 Å². The summed E-state index contributed by atoms with van der Waals surface area (Å²) in [6.07, 6.45) is 1.56. The van der Waals surface area contributed by atoms with Crippen molar-refractivity contribution in [2.24, 2.45) is 0 Å². The SMILES string of the molecule is COC[C@H](NC(=O)NCc1cccc(Cl)c1)c1ccco1. The summed E-state index contributed by atoms with van der Waals surface area (Å²) >= 11 is 5.90. The number of methoxy groups -OCH3 is 1. The van der Waals surface area contributed by atoms with Crippen LogP contribution in [-0.4, -0.2) is 19.7 Å². The molecule has 112 valence electrons. The van der Waals surface area contributed by atoms with E-state index < -0.39 is 0 Å². The number of rotatable bonds is 6. The average molecular weight is 309 g/mol. The number of amides is 2. The number of nitrogens with one attached hydrogen (secondary N) is 2. The van der Waals surface area contributed by atoms with Crippen molar-refractivity contribution < 1.29 is 13.9 Å². The molecule has 0 bridgehead atoms. The summed E-state index contributed by atoms with van der Waals surface area (Å²) in [5.74, 6) is 0.648. The molecular weight excluding hydrogens is 292 g/mol. The quantitative estimate of drug-likeness (QED) is 0.862. The Morgan fingerprint density at radius 1 is 1.38 bits per heavy atom. The minimum Gasteiger partial charge on any atom is -0.467 e. The van der Waals surface area contributed by atoms with E-state index in [-0.39, 0.29) is 12.1 Å². The standard InChI is InChI=1S/C15H17ClN2O3/c1-20-10-13(14-6-3-7-21-14)18-15(19)17-9-11-4-2-5-12(16)8-11/h2-8,13H,9-10H2,1H3,(H2,17,18,19)/t13-/m0/s1. The summed E-state index contributed by atoms with van der Waals surface area (Å²) in [6.45, 7) is 0.725. The van der Waals surface area contributed by atoms with Gasteiger partial charge >= 0.3 is 6.03 Å². The van der Waals surface area contributed by atoms with E-state index in [1.54, 1.807) is 37.6 Å². The van der Waals surface area contributed by atoms with Crippen molar-refractivity contribution in [3.8, 4) is 0 Å². The van der Waals surface area contributed by atoms with Crippen LogP contribution in [0.3, 0.4) is 0 Å². The lowest BCUT2D eigenvalue weighted by Crippen LogP contribution is -2.39. The molecule has 0 saturated carbocycles. The number of furan rings is 1. The van der Waals surface area contributed by atoms with Crippen LogP contribution >= 0.6 is 11.6 Å². The Hall–Kier alpha value is -1.98. The lowest BCUT2D eigenvalue weighted by atomic mass is 10.2. The summed E-state index contributed by atoms with van der Waals surface area (Å²) in [5, 5.41) is 6.22. The third-order valence-corrected chi connectivity index (χ3v) is 3.10. The largest absolute Gasteiger partial charge is 0.467 e. The predicted molar refractivity (Wildman–Crippen MR) is 80.1 cm³/mol. The van der Waals surface area contributed by atoms with Crippen LogP contribution in [0.5, 0.6) is 0 Å². The first-order valence-electron chi connectivity index (χ1n) is 6.50. The average Bonchev–Trinajstić information content (AvgIpc) is 2.99. The highest BCUT2D eigenvalue weighted by molar-refractivity contribution is 6.30. The van der Waals surface area contributed by atoms with E-state index in [9.17, 15) is 4.79 Å². The van der Waals surface area contributed by atoms with Crippen molar-refractivity contribution in [2.75, 3.05) is 13.7 Å². The molecule has 2 amide bonds. The molecule has 0 radical (unpaired) electrons. The number of carbonyl (C=O) groups is 1. The monoisotopic (exact) mass is 308 g/mol. The fraction of sp³-hybridized carbons (Fsp3) is 0.267. The molecule has 21 heavy (non-hydrogen) atoms. The lowest BCUT2D eigenvalue weighted by molar-refractivity contribution is 0.157. The van der Waals surface area contributed by atoms with Crippen molar-refractivity contribution in [3.63, 3.8) is 0 Å². The molecule has 0 fully saturated rings. The van der Waals surface area contributed by atoms with Gasteiger partial charge in [0.2, 0.25) is 0 Å². The van der Waals surface area contributed by atoms with E-state index in [2.05, 4.69) is 10.6 Å². The van der Waals surface area contributed by atoms with Gasteiger partial charge in [0.05, 0.1) is 12.9 Å². The number of halogens is 1. The van der Waals surface area contributed by atoms with Crippen LogP contribution in [0.2, 0.25) is 5.02 Å². The van der Waals surface area contributed by atoms with Gasteiger partial charge in [-0.25, -0.2) is 4.79 Å². The van der Waals surface area contributed by atoms with Gasteiger partial charge in [0, 0.05) is 18.7 Å². The fourth-order valence-electron chi connectivity index (χ4n) is 1.89. The second kappa shape index (κ2) is 7.71. The number of hydrogen-bond donors (Lipinski definition) is 2. The van der Waals surface area contributed by atoms with Crippen LogP contribution in [0, 0.1) is 0 Å². The van der Waals surface area contributed by atoms with Crippen molar-refractivity contribution in [3.05, 3.63) is 59.0 Å². The Bertz CT molecular complexity index is 572. The zero-order chi connectivity index (χ0) is 15.1. The molecule has 1 atom stereocenters. The maximum Gasteiger partial charge on any atom is 0.315 e. The smallest absolute Gasteiger partial charge is 0.315 e. The number of ether oxygens (including phenoxy) is 1. The van der Waals surface area contributed by atoms with Crippen LogP contribution in [0.4, 0.5) is 4.79 Å². The molecule has 2 aromatic rings. The lowest BCUT2D eigenvalue weighted by Gasteiger charge is -2.16. The van der Waals surface area contributed by atoms with Crippen molar-refractivity contribution in [1.29, 1.82) is 0 Å². The third kappa shape index (κ3) is 4.81. The molecule has 0 saturated heterocycles. The van der Waals surface area contributed by atoms with Gasteiger partial charge in [0.1, 0.15) is 11.8 Å². The zero-order valence-corrected chi connectivity index (χ0v) is 12.4. The second-order valence-electron chi connectivity index (χ2n) is 4.48. The number of hydrogen-bond acceptors (Lipinski definition) is 3.